The van der Waals surface area contributed by atoms with Crippen LogP contribution < -0.4 is 19.5 Å². The Kier molecular flexibility index (Phi) is 8.37. The third-order valence-corrected chi connectivity index (χ3v) is 7.61. The zero-order valence-electron chi connectivity index (χ0n) is 25.1. The lowest BCUT2D eigenvalue weighted by Gasteiger charge is -2.42. The predicted octanol–water partition coefficient (Wildman–Crippen LogP) is 4.56. The molecule has 11 nitrogen and oxygen atoms in total. The normalized spacial score (nSPS) is 17.0. The number of rotatable bonds is 7. The second-order valence-corrected chi connectivity index (χ2v) is 10.3. The van der Waals surface area contributed by atoms with Crippen molar-refractivity contribution in [2.24, 2.45) is 0 Å². The maximum Gasteiger partial charge on any atom is 0.298 e. The number of fused-ring (bicyclic) bond motifs is 1. The molecule has 0 fully saturated rings. The number of hydrogen-bond acceptors (Lipinski definition) is 9. The van der Waals surface area contributed by atoms with E-state index in [1.54, 1.807) is 75.0 Å². The number of amides is 2. The average Bonchev–Trinajstić information content (AvgIpc) is 3.08. The Morgan fingerprint density at radius 1 is 1.04 bits per heavy atom. The Hall–Kier alpha value is -5.76. The molecule has 5 heterocycles. The van der Waals surface area contributed by atoms with Crippen LogP contribution in [0, 0.1) is 11.8 Å². The molecule has 0 saturated heterocycles. The van der Waals surface area contributed by atoms with Crippen molar-refractivity contribution < 1.29 is 28.5 Å². The molecule has 11 heteroatoms. The number of methoxy groups -OCH3 is 2. The molecule has 3 aliphatic rings. The first-order valence-corrected chi connectivity index (χ1v) is 14.3. The molecule has 6 rings (SSSR count). The summed E-state index contributed by atoms with van der Waals surface area (Å²) in [5.41, 5.74) is 3.17. The Morgan fingerprint density at radius 2 is 1.89 bits per heavy atom. The van der Waals surface area contributed by atoms with Crippen LogP contribution in [0.25, 0.3) is 10.9 Å². The van der Waals surface area contributed by atoms with E-state index in [0.717, 1.165) is 16.7 Å². The number of hydrogen-bond donors (Lipinski definition) is 1. The van der Waals surface area contributed by atoms with Gasteiger partial charge in [-0.2, -0.15) is 0 Å². The third kappa shape index (κ3) is 6.17. The molecule has 1 unspecified atom stereocenters. The quantitative estimate of drug-likeness (QED) is 0.387. The molecule has 45 heavy (non-hydrogen) atoms. The number of anilines is 1. The van der Waals surface area contributed by atoms with E-state index >= 15 is 0 Å². The number of allylic oxidation sites excluding steroid dienone is 3. The zero-order chi connectivity index (χ0) is 31.3. The van der Waals surface area contributed by atoms with Crippen LogP contribution in [0.3, 0.4) is 0 Å². The van der Waals surface area contributed by atoms with Crippen LogP contribution in [-0.2, 0) is 14.3 Å². The molecule has 1 atom stereocenters. The number of carbonyl (C=O) groups excluding carboxylic acids is 2. The number of benzene rings is 1. The van der Waals surface area contributed by atoms with Gasteiger partial charge in [0.2, 0.25) is 0 Å². The minimum absolute atomic E-state index is 0.216. The van der Waals surface area contributed by atoms with Gasteiger partial charge >= 0.3 is 0 Å². The maximum atomic E-state index is 13.5. The highest BCUT2D eigenvalue weighted by Crippen LogP contribution is 2.37. The number of nitrogens with one attached hydrogen (secondary N) is 1. The molecule has 0 aliphatic carbocycles. The van der Waals surface area contributed by atoms with Gasteiger partial charge < -0.3 is 34.1 Å². The lowest BCUT2D eigenvalue weighted by molar-refractivity contribution is -0.125. The summed E-state index contributed by atoms with van der Waals surface area (Å²) in [6.07, 6.45) is 12.5. The molecule has 0 spiro atoms. The molecule has 2 amide bonds. The number of pyridine rings is 2. The van der Waals surface area contributed by atoms with Gasteiger partial charge in [0.25, 0.3) is 11.8 Å². The summed E-state index contributed by atoms with van der Waals surface area (Å²) in [5, 5.41) is 3.65. The van der Waals surface area contributed by atoms with E-state index in [2.05, 4.69) is 27.1 Å². The fraction of sp³-hybridized carbons (Fsp3) is 0.235. The summed E-state index contributed by atoms with van der Waals surface area (Å²) < 4.78 is 22.8. The number of aromatic nitrogens is 2. The molecule has 2 aromatic heterocycles. The fourth-order valence-corrected chi connectivity index (χ4v) is 5.39. The lowest BCUT2D eigenvalue weighted by Crippen LogP contribution is -2.47. The van der Waals surface area contributed by atoms with Gasteiger partial charge in [0.1, 0.15) is 17.3 Å². The average molecular weight is 606 g/mol. The minimum atomic E-state index is -0.413. The Balaban J connectivity index is 1.19. The van der Waals surface area contributed by atoms with Gasteiger partial charge in [-0.15, -0.1) is 0 Å². The Bertz CT molecular complexity index is 1830. The van der Waals surface area contributed by atoms with Crippen LogP contribution >= 0.6 is 0 Å². The SMILES string of the molecule is CC#CC(=O)N1CCC2=C(C1)N(C1C=CC=CO1)CC(C(=O)Nc1ccc(Oc3ccnc4cc(OC)c(OC)cc34)cn1)=C2. The summed E-state index contributed by atoms with van der Waals surface area (Å²) >= 11 is 0. The summed E-state index contributed by atoms with van der Waals surface area (Å²) in [6, 6.07) is 8.77. The maximum absolute atomic E-state index is 13.5. The summed E-state index contributed by atoms with van der Waals surface area (Å²) in [5.74, 6) is 7.37. The third-order valence-electron chi connectivity index (χ3n) is 7.61. The molecule has 0 bridgehead atoms. The van der Waals surface area contributed by atoms with Crippen molar-refractivity contribution in [2.45, 2.75) is 19.6 Å². The van der Waals surface area contributed by atoms with E-state index in [1.807, 2.05) is 29.2 Å². The van der Waals surface area contributed by atoms with Crippen LogP contribution in [0.15, 0.2) is 90.1 Å². The van der Waals surface area contributed by atoms with E-state index in [0.29, 0.717) is 66.0 Å². The first-order chi connectivity index (χ1) is 22.0. The Labute approximate surface area is 260 Å². The first-order valence-electron chi connectivity index (χ1n) is 14.3. The minimum Gasteiger partial charge on any atom is -0.493 e. The van der Waals surface area contributed by atoms with Gasteiger partial charge in [0.05, 0.1) is 45.3 Å². The van der Waals surface area contributed by atoms with Gasteiger partial charge in [-0.1, -0.05) is 12.0 Å². The van der Waals surface area contributed by atoms with Gasteiger partial charge in [0.15, 0.2) is 17.7 Å². The van der Waals surface area contributed by atoms with Gasteiger partial charge in [0, 0.05) is 35.5 Å². The second kappa shape index (κ2) is 12.9. The van der Waals surface area contributed by atoms with Crippen molar-refractivity contribution in [3.8, 4) is 34.8 Å². The number of ether oxygens (including phenoxy) is 4. The van der Waals surface area contributed by atoms with E-state index in [1.165, 1.54) is 0 Å². The smallest absolute Gasteiger partial charge is 0.298 e. The first kappa shape index (κ1) is 29.3. The topological polar surface area (TPSA) is 115 Å². The van der Waals surface area contributed by atoms with Crippen LogP contribution in [-0.4, -0.2) is 71.7 Å². The van der Waals surface area contributed by atoms with E-state index in [9.17, 15) is 9.59 Å². The molecule has 3 aliphatic heterocycles. The molecule has 0 saturated carbocycles. The second-order valence-electron chi connectivity index (χ2n) is 10.3. The van der Waals surface area contributed by atoms with Crippen molar-refractivity contribution in [1.29, 1.82) is 0 Å². The van der Waals surface area contributed by atoms with Crippen molar-refractivity contribution in [3.63, 3.8) is 0 Å². The highest BCUT2D eigenvalue weighted by Gasteiger charge is 2.33. The Morgan fingerprint density at radius 3 is 2.62 bits per heavy atom. The highest BCUT2D eigenvalue weighted by atomic mass is 16.5. The number of carbonyl (C=O) groups is 2. The molecule has 3 aromatic rings. The molecular weight excluding hydrogens is 574 g/mol. The molecular formula is C34H31N5O6. The van der Waals surface area contributed by atoms with Gasteiger partial charge in [-0.25, -0.2) is 4.98 Å². The number of nitrogens with zero attached hydrogens (tertiary/aromatic N) is 4. The van der Waals surface area contributed by atoms with Crippen molar-refractivity contribution in [2.75, 3.05) is 39.2 Å². The van der Waals surface area contributed by atoms with E-state index < -0.39 is 6.23 Å². The predicted molar refractivity (Wildman–Crippen MR) is 167 cm³/mol. The zero-order valence-corrected chi connectivity index (χ0v) is 25.1. The highest BCUT2D eigenvalue weighted by molar-refractivity contribution is 6.04. The fourth-order valence-electron chi connectivity index (χ4n) is 5.39. The lowest BCUT2D eigenvalue weighted by atomic mass is 9.95. The van der Waals surface area contributed by atoms with Crippen LogP contribution in [0.2, 0.25) is 0 Å². The summed E-state index contributed by atoms with van der Waals surface area (Å²) in [6.45, 7) is 2.85. The summed E-state index contributed by atoms with van der Waals surface area (Å²) in [4.78, 5) is 38.5. The van der Waals surface area contributed by atoms with E-state index in [-0.39, 0.29) is 11.8 Å². The van der Waals surface area contributed by atoms with E-state index in [4.69, 9.17) is 18.9 Å². The van der Waals surface area contributed by atoms with Crippen molar-refractivity contribution in [1.82, 2.24) is 19.8 Å². The standard InChI is InChI=1S/C34H31N5O6/c1-4-7-32(40)38-14-12-22-16-23(20-39(27(22)21-38)33-8-5-6-15-44-33)34(41)37-31-10-9-24(19-36-31)45-28-11-13-35-26-18-30(43-3)29(42-2)17-25(26)28/h5-6,8-11,13,15-19,33H,12,14,20-21H2,1-3H3,(H,36,37,41). The van der Waals surface area contributed by atoms with Crippen molar-refractivity contribution in [3.05, 3.63) is 90.1 Å². The van der Waals surface area contributed by atoms with Crippen LogP contribution in [0.1, 0.15) is 13.3 Å². The van der Waals surface area contributed by atoms with Gasteiger partial charge in [-0.3, -0.25) is 14.6 Å². The summed E-state index contributed by atoms with van der Waals surface area (Å²) in [7, 11) is 3.14. The largest absolute Gasteiger partial charge is 0.493 e. The molecule has 228 valence electrons. The van der Waals surface area contributed by atoms with Gasteiger partial charge in [-0.05, 0) is 67.3 Å². The molecule has 0 radical (unpaired) electrons. The molecule has 1 aromatic carbocycles. The molecule has 1 N–H and O–H groups in total. The van der Waals surface area contributed by atoms with Crippen molar-refractivity contribution >= 4 is 28.5 Å². The monoisotopic (exact) mass is 605 g/mol. The van der Waals surface area contributed by atoms with Crippen LogP contribution in [0.4, 0.5) is 5.82 Å². The van der Waals surface area contributed by atoms with Crippen LogP contribution in [0.5, 0.6) is 23.0 Å².